The van der Waals surface area contributed by atoms with E-state index in [2.05, 4.69) is 4.74 Å². The van der Waals surface area contributed by atoms with Crippen molar-refractivity contribution in [2.24, 2.45) is 0 Å². The molecule has 0 atom stereocenters. The van der Waals surface area contributed by atoms with E-state index < -0.39 is 33.6 Å². The molecule has 0 heterocycles. The van der Waals surface area contributed by atoms with Gasteiger partial charge in [0.1, 0.15) is 0 Å². The molecular formula is C8H5F2NO4. The molecule has 15 heavy (non-hydrogen) atoms. The number of hydrogen-bond acceptors (Lipinski definition) is 4. The number of hydrogen-bond donors (Lipinski definition) is 0. The fraction of sp³-hybridized carbons (Fsp3) is 0.125. The minimum Gasteiger partial charge on any atom is -0.494 e. The molecule has 1 rings (SSSR count). The molecule has 0 aromatic heterocycles. The number of carbonyl (C=O) groups excluding carboxylic acids is 1. The van der Waals surface area contributed by atoms with Crippen molar-refractivity contribution in [2.75, 3.05) is 7.11 Å². The van der Waals surface area contributed by atoms with Gasteiger partial charge >= 0.3 is 5.69 Å². The van der Waals surface area contributed by atoms with Gasteiger partial charge in [-0.1, -0.05) is 0 Å². The Kier molecular flexibility index (Phi) is 2.93. The summed E-state index contributed by atoms with van der Waals surface area (Å²) in [4.78, 5) is 19.6. The van der Waals surface area contributed by atoms with Gasteiger partial charge in [-0.2, -0.15) is 8.78 Å². The fourth-order valence-electron chi connectivity index (χ4n) is 1.04. The molecule has 7 heteroatoms. The number of carbonyl (C=O) groups is 1. The summed E-state index contributed by atoms with van der Waals surface area (Å²) >= 11 is 0. The second-order valence-electron chi connectivity index (χ2n) is 2.52. The summed E-state index contributed by atoms with van der Waals surface area (Å²) < 4.78 is 30.5. The summed E-state index contributed by atoms with van der Waals surface area (Å²) in [5.41, 5.74) is -1.76. The summed E-state index contributed by atoms with van der Waals surface area (Å²) in [5.74, 6) is -3.75. The van der Waals surface area contributed by atoms with Crippen molar-refractivity contribution < 1.29 is 23.2 Å². The minimum atomic E-state index is -1.71. The number of rotatable bonds is 3. The lowest BCUT2D eigenvalue weighted by atomic mass is 10.1. The topological polar surface area (TPSA) is 69.4 Å². The molecule has 0 fully saturated rings. The molecule has 0 saturated carbocycles. The van der Waals surface area contributed by atoms with E-state index in [1.165, 1.54) is 0 Å². The third kappa shape index (κ3) is 1.76. The Morgan fingerprint density at radius 2 is 2.07 bits per heavy atom. The van der Waals surface area contributed by atoms with E-state index in [1.807, 2.05) is 0 Å². The average molecular weight is 217 g/mol. The van der Waals surface area contributed by atoms with Gasteiger partial charge in [-0.25, -0.2) is 0 Å². The molecule has 0 unspecified atom stereocenters. The van der Waals surface area contributed by atoms with Gasteiger partial charge in [0.2, 0.25) is 11.6 Å². The van der Waals surface area contributed by atoms with Crippen LogP contribution in [0.4, 0.5) is 14.5 Å². The SMILES string of the molecule is COc1cc(C=O)c([N+](=O)[O-])c(F)c1F. The van der Waals surface area contributed by atoms with Crippen LogP contribution in [0.25, 0.3) is 0 Å². The molecule has 0 aliphatic rings. The summed E-state index contributed by atoms with van der Waals surface area (Å²) in [6.07, 6.45) is 0.0587. The maximum atomic E-state index is 13.1. The van der Waals surface area contributed by atoms with E-state index in [0.717, 1.165) is 13.2 Å². The zero-order valence-corrected chi connectivity index (χ0v) is 7.49. The van der Waals surface area contributed by atoms with Crippen LogP contribution in [0.2, 0.25) is 0 Å². The second kappa shape index (κ2) is 3.99. The van der Waals surface area contributed by atoms with Gasteiger partial charge in [0.25, 0.3) is 0 Å². The number of ether oxygens (including phenoxy) is 1. The monoisotopic (exact) mass is 217 g/mol. The first-order valence-corrected chi connectivity index (χ1v) is 3.68. The van der Waals surface area contributed by atoms with E-state index in [9.17, 15) is 23.7 Å². The third-order valence-electron chi connectivity index (χ3n) is 1.71. The number of aldehydes is 1. The van der Waals surface area contributed by atoms with Crippen LogP contribution in [-0.2, 0) is 0 Å². The molecule has 0 saturated heterocycles. The van der Waals surface area contributed by atoms with Crippen LogP contribution in [0.3, 0.4) is 0 Å². The fourth-order valence-corrected chi connectivity index (χ4v) is 1.04. The largest absolute Gasteiger partial charge is 0.494 e. The normalized spacial score (nSPS) is 9.80. The number of methoxy groups -OCH3 is 1. The van der Waals surface area contributed by atoms with Gasteiger partial charge in [-0.3, -0.25) is 14.9 Å². The van der Waals surface area contributed by atoms with Crippen molar-refractivity contribution in [3.05, 3.63) is 33.4 Å². The van der Waals surface area contributed by atoms with Crippen LogP contribution in [0.5, 0.6) is 5.75 Å². The van der Waals surface area contributed by atoms with Gasteiger partial charge in [0, 0.05) is 6.07 Å². The quantitative estimate of drug-likeness (QED) is 0.439. The van der Waals surface area contributed by atoms with Gasteiger partial charge in [0.15, 0.2) is 12.0 Å². The van der Waals surface area contributed by atoms with Crippen LogP contribution >= 0.6 is 0 Å². The minimum absolute atomic E-state index is 0.0587. The molecule has 1 aromatic carbocycles. The Labute approximate surface area is 82.4 Å². The molecule has 1 aromatic rings. The molecule has 0 aliphatic carbocycles. The highest BCUT2D eigenvalue weighted by Crippen LogP contribution is 2.30. The van der Waals surface area contributed by atoms with Crippen LogP contribution in [-0.4, -0.2) is 18.3 Å². The molecular weight excluding hydrogens is 212 g/mol. The van der Waals surface area contributed by atoms with E-state index in [-0.39, 0.29) is 6.29 Å². The second-order valence-corrected chi connectivity index (χ2v) is 2.52. The van der Waals surface area contributed by atoms with Crippen molar-refractivity contribution in [2.45, 2.75) is 0 Å². The maximum Gasteiger partial charge on any atom is 0.318 e. The van der Waals surface area contributed by atoms with Crippen LogP contribution in [0.15, 0.2) is 6.07 Å². The van der Waals surface area contributed by atoms with E-state index in [4.69, 9.17) is 0 Å². The zero-order valence-electron chi connectivity index (χ0n) is 7.49. The van der Waals surface area contributed by atoms with Gasteiger partial charge in [-0.05, 0) is 0 Å². The van der Waals surface area contributed by atoms with Crippen LogP contribution < -0.4 is 4.74 Å². The first-order chi connectivity index (χ1) is 7.02. The Balaban J connectivity index is 3.58. The Bertz CT molecular complexity index is 433. The number of nitro benzene ring substituents is 1. The van der Waals surface area contributed by atoms with Crippen molar-refractivity contribution in [3.63, 3.8) is 0 Å². The third-order valence-corrected chi connectivity index (χ3v) is 1.71. The number of nitro groups is 1. The lowest BCUT2D eigenvalue weighted by Gasteiger charge is -2.04. The molecule has 80 valence electrons. The Morgan fingerprint density at radius 1 is 1.47 bits per heavy atom. The summed E-state index contributed by atoms with van der Waals surface area (Å²) in [6.45, 7) is 0. The predicted molar refractivity (Wildman–Crippen MR) is 45.0 cm³/mol. The van der Waals surface area contributed by atoms with E-state index in [0.29, 0.717) is 0 Å². The summed E-state index contributed by atoms with van der Waals surface area (Å²) in [7, 11) is 1.05. The molecule has 0 bridgehead atoms. The van der Waals surface area contributed by atoms with E-state index in [1.54, 1.807) is 0 Å². The zero-order chi connectivity index (χ0) is 11.6. The highest BCUT2D eigenvalue weighted by Gasteiger charge is 2.27. The average Bonchev–Trinajstić information content (AvgIpc) is 2.20. The Hall–Kier alpha value is -2.05. The smallest absolute Gasteiger partial charge is 0.318 e. The van der Waals surface area contributed by atoms with Crippen LogP contribution in [0.1, 0.15) is 10.4 Å². The highest BCUT2D eigenvalue weighted by atomic mass is 19.2. The van der Waals surface area contributed by atoms with Crippen LogP contribution in [0, 0.1) is 21.7 Å². The van der Waals surface area contributed by atoms with E-state index >= 15 is 0 Å². The lowest BCUT2D eigenvalue weighted by molar-refractivity contribution is -0.388. The van der Waals surface area contributed by atoms with Crippen molar-refractivity contribution in [3.8, 4) is 5.75 Å². The molecule has 5 nitrogen and oxygen atoms in total. The Morgan fingerprint density at radius 3 is 2.47 bits per heavy atom. The number of halogens is 2. The maximum absolute atomic E-state index is 13.1. The summed E-state index contributed by atoms with van der Waals surface area (Å²) in [5, 5.41) is 10.4. The van der Waals surface area contributed by atoms with Gasteiger partial charge < -0.3 is 4.74 Å². The molecule has 0 spiro atoms. The first kappa shape index (κ1) is 11.0. The molecule has 0 radical (unpaired) electrons. The van der Waals surface area contributed by atoms with Crippen molar-refractivity contribution >= 4 is 12.0 Å². The van der Waals surface area contributed by atoms with Gasteiger partial charge in [0.05, 0.1) is 17.6 Å². The van der Waals surface area contributed by atoms with Gasteiger partial charge in [-0.15, -0.1) is 0 Å². The standard InChI is InChI=1S/C8H5F2NO4/c1-15-5-2-4(3-12)8(11(13)14)7(10)6(5)9/h2-3H,1H3. The summed E-state index contributed by atoms with van der Waals surface area (Å²) in [6, 6.07) is 0.767. The molecule has 0 aliphatic heterocycles. The highest BCUT2D eigenvalue weighted by molar-refractivity contribution is 5.82. The first-order valence-electron chi connectivity index (χ1n) is 3.68. The van der Waals surface area contributed by atoms with Crippen molar-refractivity contribution in [1.82, 2.24) is 0 Å². The predicted octanol–water partition coefficient (Wildman–Crippen LogP) is 1.69. The lowest BCUT2D eigenvalue weighted by Crippen LogP contribution is -2.03. The van der Waals surface area contributed by atoms with Crippen molar-refractivity contribution in [1.29, 1.82) is 0 Å². The molecule has 0 N–H and O–H groups in total. The number of nitrogens with zero attached hydrogens (tertiary/aromatic N) is 1. The molecule has 0 amide bonds. The number of benzene rings is 1.